The smallest absolute Gasteiger partial charge is 0.253 e. The molecule has 0 N–H and O–H groups in total. The Balaban J connectivity index is 1.45. The van der Waals surface area contributed by atoms with Gasteiger partial charge in [0.05, 0.1) is 18.8 Å². The Morgan fingerprint density at radius 3 is 2.37 bits per heavy atom. The molecule has 6 nitrogen and oxygen atoms in total. The van der Waals surface area contributed by atoms with Gasteiger partial charge in [-0.2, -0.15) is 0 Å². The van der Waals surface area contributed by atoms with Crippen molar-refractivity contribution < 1.29 is 13.6 Å². The van der Waals surface area contributed by atoms with Crippen LogP contribution in [0.15, 0.2) is 77.8 Å². The van der Waals surface area contributed by atoms with Gasteiger partial charge in [-0.1, -0.05) is 40.1 Å². The zero-order valence-electron chi connectivity index (χ0n) is 16.7. The maximum atomic E-state index is 13.0. The van der Waals surface area contributed by atoms with Crippen LogP contribution in [-0.2, 0) is 14.6 Å². The molecule has 1 amide bonds. The van der Waals surface area contributed by atoms with Crippen LogP contribution in [0.3, 0.4) is 0 Å². The van der Waals surface area contributed by atoms with E-state index in [2.05, 4.69) is 4.98 Å². The zero-order chi connectivity index (χ0) is 21.1. The van der Waals surface area contributed by atoms with E-state index in [1.165, 1.54) is 4.31 Å². The first kappa shape index (κ1) is 20.4. The summed E-state index contributed by atoms with van der Waals surface area (Å²) < 4.78 is 27.2. The van der Waals surface area contributed by atoms with E-state index in [4.69, 9.17) is 0 Å². The lowest BCUT2D eigenvalue weighted by Gasteiger charge is -2.35. The number of carbonyl (C=O) groups is 1. The molecule has 3 aromatic rings. The minimum absolute atomic E-state index is 0.0971. The zero-order valence-corrected chi connectivity index (χ0v) is 17.5. The molecule has 0 spiro atoms. The van der Waals surface area contributed by atoms with Crippen LogP contribution in [0.25, 0.3) is 11.3 Å². The lowest BCUT2D eigenvalue weighted by molar-refractivity contribution is 0.0693. The summed E-state index contributed by atoms with van der Waals surface area (Å²) in [6.45, 7) is 3.20. The number of carbonyl (C=O) groups excluding carboxylic acids is 1. The number of nitrogens with zero attached hydrogens (tertiary/aromatic N) is 3. The van der Waals surface area contributed by atoms with Crippen molar-refractivity contribution in [1.82, 2.24) is 14.2 Å². The largest absolute Gasteiger partial charge is 0.593 e. The van der Waals surface area contributed by atoms with Gasteiger partial charge in [0.15, 0.2) is 15.3 Å². The Hall–Kier alpha value is -2.87. The normalized spacial score (nSPS) is 16.8. The van der Waals surface area contributed by atoms with E-state index < -0.39 is 10.4 Å². The van der Waals surface area contributed by atoms with Crippen molar-refractivity contribution in [2.24, 2.45) is 0 Å². The quantitative estimate of drug-likeness (QED) is 0.605. The van der Waals surface area contributed by atoms with Crippen molar-refractivity contribution >= 4 is 16.3 Å². The Morgan fingerprint density at radius 2 is 1.70 bits per heavy atom. The Bertz CT molecular complexity index is 1080. The first-order valence-corrected chi connectivity index (χ1v) is 11.3. The number of hydrogen-bond donors (Lipinski definition) is 0. The number of hydrogen-bond acceptors (Lipinski definition) is 4. The molecule has 2 heterocycles. The third-order valence-electron chi connectivity index (χ3n) is 5.25. The molecule has 154 valence electrons. The molecule has 1 aliphatic rings. The summed E-state index contributed by atoms with van der Waals surface area (Å²) in [4.78, 5) is 19.3. The monoisotopic (exact) mass is 421 g/mol. The average Bonchev–Trinajstić information content (AvgIpc) is 2.79. The van der Waals surface area contributed by atoms with Gasteiger partial charge in [-0.05, 0) is 43.3 Å². The summed E-state index contributed by atoms with van der Waals surface area (Å²) in [5.74, 6) is -0.0971. The van der Waals surface area contributed by atoms with E-state index in [-0.39, 0.29) is 23.9 Å². The number of rotatable bonds is 4. The molecule has 30 heavy (non-hydrogen) atoms. The Morgan fingerprint density at radius 1 is 0.967 bits per heavy atom. The van der Waals surface area contributed by atoms with Gasteiger partial charge in [-0.15, -0.1) is 4.31 Å². The van der Waals surface area contributed by atoms with E-state index in [1.807, 2.05) is 43.3 Å². The molecule has 0 aliphatic carbocycles. The fraction of sp³-hybridized carbons (Fsp3) is 0.217. The molecule has 1 aliphatic heterocycles. The highest BCUT2D eigenvalue weighted by Crippen LogP contribution is 2.24. The predicted octanol–water partition coefficient (Wildman–Crippen LogP) is 3.42. The molecule has 0 radical (unpaired) electrons. The van der Waals surface area contributed by atoms with Gasteiger partial charge < -0.3 is 9.45 Å². The molecule has 1 fully saturated rings. The highest BCUT2D eigenvalue weighted by Gasteiger charge is 2.34. The van der Waals surface area contributed by atoms with Crippen LogP contribution in [0.4, 0.5) is 0 Å². The van der Waals surface area contributed by atoms with Crippen molar-refractivity contribution in [3.63, 3.8) is 0 Å². The van der Waals surface area contributed by atoms with Gasteiger partial charge in [0.1, 0.15) is 0 Å². The van der Waals surface area contributed by atoms with Gasteiger partial charge in [-0.25, -0.2) is 0 Å². The topological polar surface area (TPSA) is 76.6 Å². The summed E-state index contributed by atoms with van der Waals surface area (Å²) in [6.07, 6.45) is 1.72. The Kier molecular flexibility index (Phi) is 5.76. The molecule has 1 aromatic heterocycles. The van der Waals surface area contributed by atoms with Gasteiger partial charge >= 0.3 is 0 Å². The number of aromatic nitrogens is 1. The lowest BCUT2D eigenvalue weighted by atomic mass is 10.1. The fourth-order valence-electron chi connectivity index (χ4n) is 3.52. The van der Waals surface area contributed by atoms with Crippen LogP contribution in [0.1, 0.15) is 15.9 Å². The highest BCUT2D eigenvalue weighted by atomic mass is 32.3. The molecule has 4 rings (SSSR count). The molecular weight excluding hydrogens is 398 g/mol. The van der Waals surface area contributed by atoms with Gasteiger partial charge in [0.25, 0.3) is 5.91 Å². The standard InChI is InChI=1S/C23H23N3O3S/c1-18-8-10-21(11-9-18)30(28,29)26-15-13-25(14-16-26)23(27)20-6-4-5-19(17-20)22-7-2-3-12-24-22/h2-12,17H,13-16H2,1H3. The van der Waals surface area contributed by atoms with Crippen LogP contribution in [-0.4, -0.2) is 50.8 Å². The van der Waals surface area contributed by atoms with Crippen molar-refractivity contribution in [1.29, 1.82) is 0 Å². The first-order chi connectivity index (χ1) is 14.4. The molecule has 1 saturated heterocycles. The van der Waals surface area contributed by atoms with E-state index in [9.17, 15) is 13.6 Å². The maximum absolute atomic E-state index is 13.0. The number of benzene rings is 2. The van der Waals surface area contributed by atoms with Gasteiger partial charge in [-0.3, -0.25) is 9.78 Å². The van der Waals surface area contributed by atoms with Crippen molar-refractivity contribution in [3.8, 4) is 11.3 Å². The van der Waals surface area contributed by atoms with Crippen LogP contribution in [0.2, 0.25) is 0 Å². The summed E-state index contributed by atoms with van der Waals surface area (Å²) in [6, 6.07) is 19.9. The van der Waals surface area contributed by atoms with E-state index >= 15 is 0 Å². The van der Waals surface area contributed by atoms with Crippen molar-refractivity contribution in [2.75, 3.05) is 26.2 Å². The number of sulfonamides is 1. The number of pyridine rings is 1. The average molecular weight is 422 g/mol. The summed E-state index contributed by atoms with van der Waals surface area (Å²) in [7, 11) is -3.55. The SMILES string of the molecule is Cc1ccc([S+](=O)([O-])N2CCN(C(=O)c3cccc(-c4ccccn4)c3)CC2)cc1. The number of piperazine rings is 1. The third kappa shape index (κ3) is 4.18. The van der Waals surface area contributed by atoms with Crippen molar-refractivity contribution in [2.45, 2.75) is 11.8 Å². The van der Waals surface area contributed by atoms with Crippen LogP contribution >= 0.6 is 0 Å². The van der Waals surface area contributed by atoms with Gasteiger partial charge in [0, 0.05) is 30.4 Å². The fourth-order valence-corrected chi connectivity index (χ4v) is 4.94. The maximum Gasteiger partial charge on any atom is 0.253 e. The van der Waals surface area contributed by atoms with Crippen LogP contribution in [0.5, 0.6) is 0 Å². The highest BCUT2D eigenvalue weighted by molar-refractivity contribution is 7.95. The number of aryl methyl sites for hydroxylation is 1. The second-order valence-electron chi connectivity index (χ2n) is 7.31. The van der Waals surface area contributed by atoms with Gasteiger partial charge in [0.2, 0.25) is 0 Å². The van der Waals surface area contributed by atoms with E-state index in [0.29, 0.717) is 18.7 Å². The summed E-state index contributed by atoms with van der Waals surface area (Å²) >= 11 is 0. The first-order valence-electron chi connectivity index (χ1n) is 9.83. The molecule has 1 unspecified atom stereocenters. The minimum atomic E-state index is -3.55. The molecule has 1 atom stereocenters. The Labute approximate surface area is 177 Å². The number of amides is 1. The van der Waals surface area contributed by atoms with Crippen molar-refractivity contribution in [3.05, 3.63) is 84.1 Å². The predicted molar refractivity (Wildman–Crippen MR) is 115 cm³/mol. The lowest BCUT2D eigenvalue weighted by Crippen LogP contribution is -2.52. The molecule has 0 bridgehead atoms. The second kappa shape index (κ2) is 8.47. The minimum Gasteiger partial charge on any atom is -0.593 e. The van der Waals surface area contributed by atoms with Crippen LogP contribution in [0, 0.1) is 6.92 Å². The van der Waals surface area contributed by atoms with E-state index in [1.54, 1.807) is 41.4 Å². The van der Waals surface area contributed by atoms with E-state index in [0.717, 1.165) is 16.8 Å². The molecule has 7 heteroatoms. The summed E-state index contributed by atoms with van der Waals surface area (Å²) in [5.41, 5.74) is 3.27. The second-order valence-corrected chi connectivity index (χ2v) is 9.24. The molecule has 0 saturated carbocycles. The van der Waals surface area contributed by atoms with Crippen LogP contribution < -0.4 is 0 Å². The third-order valence-corrected chi connectivity index (χ3v) is 7.17. The summed E-state index contributed by atoms with van der Waals surface area (Å²) in [5, 5.41) is 0. The molecule has 2 aromatic carbocycles. The molecular formula is C23H23N3O3S.